The van der Waals surface area contributed by atoms with Crippen molar-refractivity contribution in [2.45, 2.75) is 26.7 Å². The van der Waals surface area contributed by atoms with Gasteiger partial charge in [-0.3, -0.25) is 0 Å². The molecule has 0 atom stereocenters. The number of esters is 2. The minimum absolute atomic E-state index is 0.292. The molecule has 29 heavy (non-hydrogen) atoms. The number of allylic oxidation sites excluding steroid dienone is 2. The molecule has 0 amide bonds. The summed E-state index contributed by atoms with van der Waals surface area (Å²) in [7, 11) is 2.59. The average molecular weight is 417 g/mol. The first-order valence-electron chi connectivity index (χ1n) is 8.87. The maximum atomic E-state index is 12.7. The van der Waals surface area contributed by atoms with Crippen LogP contribution in [-0.2, 0) is 19.1 Å². The third-order valence-corrected chi connectivity index (χ3v) is 5.14. The van der Waals surface area contributed by atoms with E-state index >= 15 is 0 Å². The molecule has 8 heteroatoms. The van der Waals surface area contributed by atoms with E-state index < -0.39 is 17.9 Å². The summed E-state index contributed by atoms with van der Waals surface area (Å²) in [5.41, 5.74) is 3.58. The zero-order chi connectivity index (χ0) is 21.3. The SMILES string of the molecule is COC(=O)C1=C(C)NC(C)=C(C(=O)OC)C1c1c(-c2ccc(Cl)cc2)noc1C. The maximum Gasteiger partial charge on any atom is 0.336 e. The molecule has 1 aliphatic rings. The van der Waals surface area contributed by atoms with Gasteiger partial charge in [0.2, 0.25) is 0 Å². The molecule has 0 fully saturated rings. The second-order valence-electron chi connectivity index (χ2n) is 6.63. The Balaban J connectivity index is 2.30. The zero-order valence-corrected chi connectivity index (χ0v) is 17.5. The highest BCUT2D eigenvalue weighted by atomic mass is 35.5. The molecule has 2 aromatic rings. The van der Waals surface area contributed by atoms with Crippen molar-refractivity contribution >= 4 is 23.5 Å². The van der Waals surface area contributed by atoms with Gasteiger partial charge in [-0.15, -0.1) is 0 Å². The first-order valence-corrected chi connectivity index (χ1v) is 9.25. The summed E-state index contributed by atoms with van der Waals surface area (Å²) in [6.45, 7) is 5.24. The number of rotatable bonds is 4. The van der Waals surface area contributed by atoms with Crippen LogP contribution in [0.5, 0.6) is 0 Å². The molecule has 0 unspecified atom stereocenters. The van der Waals surface area contributed by atoms with E-state index in [-0.39, 0.29) is 0 Å². The Morgan fingerprint density at radius 3 is 2.00 bits per heavy atom. The van der Waals surface area contributed by atoms with Gasteiger partial charge in [-0.05, 0) is 32.9 Å². The van der Waals surface area contributed by atoms with Gasteiger partial charge in [0.15, 0.2) is 0 Å². The highest BCUT2D eigenvalue weighted by molar-refractivity contribution is 6.30. The number of methoxy groups -OCH3 is 2. The minimum Gasteiger partial charge on any atom is -0.466 e. The summed E-state index contributed by atoms with van der Waals surface area (Å²) < 4.78 is 15.5. The van der Waals surface area contributed by atoms with Crippen LogP contribution in [0, 0.1) is 6.92 Å². The Morgan fingerprint density at radius 2 is 1.52 bits per heavy atom. The van der Waals surface area contributed by atoms with Crippen LogP contribution in [0.2, 0.25) is 5.02 Å². The molecule has 0 spiro atoms. The van der Waals surface area contributed by atoms with Crippen LogP contribution in [0.3, 0.4) is 0 Å². The topological polar surface area (TPSA) is 90.7 Å². The van der Waals surface area contributed by atoms with Crippen LogP contribution in [0.25, 0.3) is 11.3 Å². The van der Waals surface area contributed by atoms with Crippen molar-refractivity contribution in [3.8, 4) is 11.3 Å². The fraction of sp³-hybridized carbons (Fsp3) is 0.286. The van der Waals surface area contributed by atoms with Crippen molar-refractivity contribution in [2.75, 3.05) is 14.2 Å². The van der Waals surface area contributed by atoms with E-state index in [9.17, 15) is 9.59 Å². The Morgan fingerprint density at radius 1 is 1.00 bits per heavy atom. The zero-order valence-electron chi connectivity index (χ0n) is 16.8. The number of hydrogen-bond acceptors (Lipinski definition) is 7. The van der Waals surface area contributed by atoms with E-state index in [1.807, 2.05) is 0 Å². The van der Waals surface area contributed by atoms with E-state index in [0.29, 0.717) is 44.6 Å². The monoisotopic (exact) mass is 416 g/mol. The van der Waals surface area contributed by atoms with Crippen LogP contribution in [0.15, 0.2) is 51.3 Å². The summed E-state index contributed by atoms with van der Waals surface area (Å²) in [5.74, 6) is -1.41. The lowest BCUT2D eigenvalue weighted by molar-refractivity contribution is -0.137. The van der Waals surface area contributed by atoms with E-state index in [0.717, 1.165) is 5.56 Å². The van der Waals surface area contributed by atoms with Gasteiger partial charge in [-0.2, -0.15) is 0 Å². The quantitative estimate of drug-likeness (QED) is 0.756. The first-order chi connectivity index (χ1) is 13.8. The summed E-state index contributed by atoms with van der Waals surface area (Å²) in [6.07, 6.45) is 0. The largest absolute Gasteiger partial charge is 0.466 e. The number of nitrogens with one attached hydrogen (secondary N) is 1. The van der Waals surface area contributed by atoms with E-state index in [1.165, 1.54) is 14.2 Å². The van der Waals surface area contributed by atoms with Gasteiger partial charge in [-0.1, -0.05) is 28.9 Å². The van der Waals surface area contributed by atoms with Crippen molar-refractivity contribution in [3.63, 3.8) is 0 Å². The van der Waals surface area contributed by atoms with Crippen molar-refractivity contribution in [1.29, 1.82) is 0 Å². The standard InChI is InChI=1S/C21H21ClN2O5/c1-10-15(20(25)27-4)18(16(11(2)23-10)21(26)28-5)17-12(3)29-24-19(17)13-6-8-14(22)9-7-13/h6-9,18,23H,1-5H3. The van der Waals surface area contributed by atoms with E-state index in [4.69, 9.17) is 25.6 Å². The smallest absolute Gasteiger partial charge is 0.336 e. The molecule has 7 nitrogen and oxygen atoms in total. The number of carbonyl (C=O) groups is 2. The molecule has 152 valence electrons. The molecular formula is C21H21ClN2O5. The molecule has 0 bridgehead atoms. The first kappa shape index (κ1) is 20.7. The number of hydrogen-bond donors (Lipinski definition) is 1. The Hall–Kier alpha value is -3.06. The molecule has 1 aliphatic heterocycles. The van der Waals surface area contributed by atoms with E-state index in [1.54, 1.807) is 45.0 Å². The van der Waals surface area contributed by atoms with Crippen LogP contribution < -0.4 is 5.32 Å². The molecule has 0 saturated heterocycles. The lowest BCUT2D eigenvalue weighted by atomic mass is 9.78. The third-order valence-electron chi connectivity index (χ3n) is 4.89. The molecule has 3 rings (SSSR count). The highest BCUT2D eigenvalue weighted by Crippen LogP contribution is 2.44. The van der Waals surface area contributed by atoms with Gasteiger partial charge in [-0.25, -0.2) is 9.59 Å². The number of nitrogens with zero attached hydrogens (tertiary/aromatic N) is 1. The second-order valence-corrected chi connectivity index (χ2v) is 7.06. The van der Waals surface area contributed by atoms with Crippen LogP contribution in [-0.4, -0.2) is 31.3 Å². The molecule has 1 aromatic heterocycles. The summed E-state index contributed by atoms with van der Waals surface area (Å²) in [4.78, 5) is 25.4. The van der Waals surface area contributed by atoms with Gasteiger partial charge in [0.25, 0.3) is 0 Å². The lowest BCUT2D eigenvalue weighted by Crippen LogP contribution is -2.32. The number of benzene rings is 1. The van der Waals surface area contributed by atoms with Gasteiger partial charge in [0.1, 0.15) is 11.5 Å². The Kier molecular flexibility index (Phi) is 5.79. The minimum atomic E-state index is -0.770. The average Bonchev–Trinajstić information content (AvgIpc) is 3.08. The number of aryl methyl sites for hydroxylation is 1. The fourth-order valence-electron chi connectivity index (χ4n) is 3.58. The molecule has 0 aliphatic carbocycles. The van der Waals surface area contributed by atoms with Gasteiger partial charge in [0, 0.05) is 27.5 Å². The highest BCUT2D eigenvalue weighted by Gasteiger charge is 2.41. The molecular weight excluding hydrogens is 396 g/mol. The van der Waals surface area contributed by atoms with Crippen molar-refractivity contribution < 1.29 is 23.6 Å². The predicted molar refractivity (Wildman–Crippen MR) is 107 cm³/mol. The fourth-order valence-corrected chi connectivity index (χ4v) is 3.70. The molecule has 1 N–H and O–H groups in total. The molecule has 0 radical (unpaired) electrons. The summed E-state index contributed by atoms with van der Waals surface area (Å²) in [6, 6.07) is 7.06. The van der Waals surface area contributed by atoms with Crippen LogP contribution >= 0.6 is 11.6 Å². The van der Waals surface area contributed by atoms with Crippen LogP contribution in [0.1, 0.15) is 31.1 Å². The predicted octanol–water partition coefficient (Wildman–Crippen LogP) is 3.88. The number of ether oxygens (including phenoxy) is 2. The van der Waals surface area contributed by atoms with Crippen LogP contribution in [0.4, 0.5) is 0 Å². The third kappa shape index (κ3) is 3.65. The van der Waals surface area contributed by atoms with Gasteiger partial charge >= 0.3 is 11.9 Å². The van der Waals surface area contributed by atoms with Crippen molar-refractivity contribution in [3.05, 3.63) is 63.2 Å². The Bertz CT molecular complexity index is 996. The number of aromatic nitrogens is 1. The molecule has 1 aromatic carbocycles. The lowest BCUT2D eigenvalue weighted by Gasteiger charge is -2.29. The summed E-state index contributed by atoms with van der Waals surface area (Å²) >= 11 is 6.01. The maximum absolute atomic E-state index is 12.7. The van der Waals surface area contributed by atoms with Gasteiger partial charge < -0.3 is 19.3 Å². The van der Waals surface area contributed by atoms with Crippen molar-refractivity contribution in [1.82, 2.24) is 10.5 Å². The molecule has 2 heterocycles. The second kappa shape index (κ2) is 8.13. The number of dihydropyridines is 1. The van der Waals surface area contributed by atoms with E-state index in [2.05, 4.69) is 10.5 Å². The summed E-state index contributed by atoms with van der Waals surface area (Å²) in [5, 5.41) is 7.85. The van der Waals surface area contributed by atoms with Gasteiger partial charge in [0.05, 0.1) is 31.3 Å². The van der Waals surface area contributed by atoms with Crippen molar-refractivity contribution in [2.24, 2.45) is 0 Å². The number of halogens is 1. The number of carbonyl (C=O) groups excluding carboxylic acids is 2. The normalized spacial score (nSPS) is 14.7. The Labute approximate surface area is 173 Å². The molecule has 0 saturated carbocycles.